The molecule has 2 aromatic carbocycles. The Morgan fingerprint density at radius 3 is 1.96 bits per heavy atom. The molecule has 4 nitrogen and oxygen atoms in total. The number of nitrogens with one attached hydrogen (secondary N) is 2. The summed E-state index contributed by atoms with van der Waals surface area (Å²) >= 11 is 5.58. The van der Waals surface area contributed by atoms with Crippen LogP contribution in [-0.2, 0) is 21.2 Å². The van der Waals surface area contributed by atoms with Crippen molar-refractivity contribution in [2.75, 3.05) is 10.6 Å². The third-order valence-corrected chi connectivity index (χ3v) is 3.99. The van der Waals surface area contributed by atoms with E-state index < -0.39 is 29.2 Å². The summed E-state index contributed by atoms with van der Waals surface area (Å²) in [6.07, 6.45) is -4.73. The molecule has 0 atom stereocenters. The summed E-state index contributed by atoms with van der Waals surface area (Å²) in [6, 6.07) is 9.71. The SMILES string of the molecule is CC(C)(C)c1ccc(NC(=O)C(=O)Nc2ccc(Cl)cc2C(F)(F)F)cc1. The van der Waals surface area contributed by atoms with Crippen molar-refractivity contribution < 1.29 is 22.8 Å². The molecule has 0 aliphatic heterocycles. The summed E-state index contributed by atoms with van der Waals surface area (Å²) in [5.74, 6) is -2.30. The highest BCUT2D eigenvalue weighted by Gasteiger charge is 2.34. The molecule has 144 valence electrons. The Balaban J connectivity index is 2.12. The van der Waals surface area contributed by atoms with Gasteiger partial charge >= 0.3 is 18.0 Å². The molecule has 0 saturated carbocycles. The summed E-state index contributed by atoms with van der Waals surface area (Å²) < 4.78 is 39.2. The average molecular weight is 399 g/mol. The number of alkyl halides is 3. The zero-order valence-electron chi connectivity index (χ0n) is 14.9. The van der Waals surface area contributed by atoms with Gasteiger partial charge in [0.2, 0.25) is 0 Å². The third-order valence-electron chi connectivity index (χ3n) is 3.75. The zero-order valence-corrected chi connectivity index (χ0v) is 15.6. The molecule has 27 heavy (non-hydrogen) atoms. The molecule has 8 heteroatoms. The Hall–Kier alpha value is -2.54. The van der Waals surface area contributed by atoms with E-state index in [0.29, 0.717) is 11.8 Å². The van der Waals surface area contributed by atoms with Gasteiger partial charge in [0.05, 0.1) is 11.3 Å². The fourth-order valence-electron chi connectivity index (χ4n) is 2.28. The number of hydrogen-bond acceptors (Lipinski definition) is 2. The van der Waals surface area contributed by atoms with Gasteiger partial charge in [0.1, 0.15) is 0 Å². The Morgan fingerprint density at radius 2 is 1.44 bits per heavy atom. The molecule has 0 radical (unpaired) electrons. The van der Waals surface area contributed by atoms with Gasteiger partial charge in [0.15, 0.2) is 0 Å². The monoisotopic (exact) mass is 398 g/mol. The van der Waals surface area contributed by atoms with E-state index in [9.17, 15) is 22.8 Å². The lowest BCUT2D eigenvalue weighted by Gasteiger charge is -2.19. The van der Waals surface area contributed by atoms with Crippen molar-refractivity contribution in [1.82, 2.24) is 0 Å². The minimum absolute atomic E-state index is 0.0809. The summed E-state index contributed by atoms with van der Waals surface area (Å²) in [4.78, 5) is 24.0. The van der Waals surface area contributed by atoms with Crippen LogP contribution < -0.4 is 10.6 Å². The summed E-state index contributed by atoms with van der Waals surface area (Å²) in [5.41, 5.74) is -0.375. The number of anilines is 2. The highest BCUT2D eigenvalue weighted by molar-refractivity contribution is 6.43. The van der Waals surface area contributed by atoms with Gasteiger partial charge in [0, 0.05) is 10.7 Å². The van der Waals surface area contributed by atoms with Gasteiger partial charge in [-0.1, -0.05) is 44.5 Å². The zero-order chi connectivity index (χ0) is 20.4. The Labute approximate surface area is 159 Å². The average Bonchev–Trinajstić information content (AvgIpc) is 2.55. The Bertz CT molecular complexity index is 857. The van der Waals surface area contributed by atoms with Gasteiger partial charge < -0.3 is 10.6 Å². The molecule has 0 unspecified atom stereocenters. The molecule has 2 rings (SSSR count). The highest BCUT2D eigenvalue weighted by Crippen LogP contribution is 2.36. The predicted molar refractivity (Wildman–Crippen MR) is 98.9 cm³/mol. The predicted octanol–water partition coefficient (Wildman–Crippen LogP) is 5.23. The van der Waals surface area contributed by atoms with Gasteiger partial charge in [-0.25, -0.2) is 0 Å². The maximum atomic E-state index is 13.1. The molecule has 0 fully saturated rings. The van der Waals surface area contributed by atoms with E-state index in [1.807, 2.05) is 26.1 Å². The van der Waals surface area contributed by atoms with Crippen molar-refractivity contribution in [2.45, 2.75) is 32.4 Å². The molecule has 0 bridgehead atoms. The molecule has 0 aliphatic rings. The van der Waals surface area contributed by atoms with Crippen LogP contribution in [0.5, 0.6) is 0 Å². The van der Waals surface area contributed by atoms with E-state index in [4.69, 9.17) is 11.6 Å². The summed E-state index contributed by atoms with van der Waals surface area (Å²) in [6.45, 7) is 6.08. The number of amides is 2. The highest BCUT2D eigenvalue weighted by atomic mass is 35.5. The first-order chi connectivity index (χ1) is 12.4. The standard InChI is InChI=1S/C19H18ClF3N2O2/c1-18(2,3)11-4-7-13(8-5-11)24-16(26)17(27)25-15-9-6-12(20)10-14(15)19(21,22)23/h4-10H,1-3H3,(H,24,26)(H,25,27). The molecule has 2 N–H and O–H groups in total. The van der Waals surface area contributed by atoms with E-state index in [-0.39, 0.29) is 10.4 Å². The van der Waals surface area contributed by atoms with Crippen molar-refractivity contribution in [2.24, 2.45) is 0 Å². The fourth-order valence-corrected chi connectivity index (χ4v) is 2.45. The second-order valence-electron chi connectivity index (χ2n) is 6.92. The first kappa shape index (κ1) is 20.8. The molecule has 0 aliphatic carbocycles. The minimum atomic E-state index is -4.73. The molecular formula is C19H18ClF3N2O2. The number of carbonyl (C=O) groups excluding carboxylic acids is 2. The van der Waals surface area contributed by atoms with Crippen LogP contribution in [-0.4, -0.2) is 11.8 Å². The number of benzene rings is 2. The van der Waals surface area contributed by atoms with E-state index >= 15 is 0 Å². The van der Waals surface area contributed by atoms with Gasteiger partial charge in [-0.3, -0.25) is 9.59 Å². The van der Waals surface area contributed by atoms with E-state index in [2.05, 4.69) is 5.32 Å². The van der Waals surface area contributed by atoms with Crippen LogP contribution in [0.25, 0.3) is 0 Å². The lowest BCUT2D eigenvalue weighted by Crippen LogP contribution is -2.30. The topological polar surface area (TPSA) is 58.2 Å². The third kappa shape index (κ3) is 5.47. The maximum Gasteiger partial charge on any atom is 0.418 e. The van der Waals surface area contributed by atoms with Crippen LogP contribution in [0, 0.1) is 0 Å². The van der Waals surface area contributed by atoms with Crippen molar-refractivity contribution in [3.8, 4) is 0 Å². The number of halogens is 4. The van der Waals surface area contributed by atoms with E-state index in [0.717, 1.165) is 11.6 Å². The van der Waals surface area contributed by atoms with Crippen LogP contribution >= 0.6 is 11.6 Å². The molecule has 0 saturated heterocycles. The number of hydrogen-bond donors (Lipinski definition) is 2. The van der Waals surface area contributed by atoms with Gasteiger partial charge in [-0.2, -0.15) is 13.2 Å². The first-order valence-corrected chi connectivity index (χ1v) is 8.35. The number of rotatable bonds is 2. The van der Waals surface area contributed by atoms with Gasteiger partial charge in [-0.15, -0.1) is 0 Å². The van der Waals surface area contributed by atoms with Gasteiger partial charge in [0.25, 0.3) is 0 Å². The first-order valence-electron chi connectivity index (χ1n) is 7.97. The van der Waals surface area contributed by atoms with Crippen LogP contribution in [0.2, 0.25) is 5.02 Å². The lowest BCUT2D eigenvalue weighted by molar-refractivity contribution is -0.137. The van der Waals surface area contributed by atoms with Crippen LogP contribution in [0.1, 0.15) is 31.9 Å². The number of carbonyl (C=O) groups is 2. The summed E-state index contributed by atoms with van der Waals surface area (Å²) in [5, 5.41) is 4.19. The van der Waals surface area contributed by atoms with E-state index in [1.165, 1.54) is 6.07 Å². The lowest BCUT2D eigenvalue weighted by atomic mass is 9.87. The maximum absolute atomic E-state index is 13.1. The van der Waals surface area contributed by atoms with E-state index in [1.54, 1.807) is 24.3 Å². The van der Waals surface area contributed by atoms with Crippen molar-refractivity contribution in [3.05, 3.63) is 58.6 Å². The molecule has 2 amide bonds. The largest absolute Gasteiger partial charge is 0.418 e. The van der Waals surface area contributed by atoms with Crippen molar-refractivity contribution >= 4 is 34.8 Å². The molecular weight excluding hydrogens is 381 g/mol. The van der Waals surface area contributed by atoms with Crippen LogP contribution in [0.4, 0.5) is 24.5 Å². The fraction of sp³-hybridized carbons (Fsp3) is 0.263. The second kappa shape index (κ2) is 7.60. The Morgan fingerprint density at radius 1 is 0.889 bits per heavy atom. The molecule has 2 aromatic rings. The van der Waals surface area contributed by atoms with Crippen LogP contribution in [0.15, 0.2) is 42.5 Å². The smallest absolute Gasteiger partial charge is 0.318 e. The second-order valence-corrected chi connectivity index (χ2v) is 7.36. The molecule has 0 heterocycles. The Kier molecular flexibility index (Phi) is 5.85. The minimum Gasteiger partial charge on any atom is -0.318 e. The quantitative estimate of drug-likeness (QED) is 0.680. The molecule has 0 aromatic heterocycles. The normalized spacial score (nSPS) is 11.8. The van der Waals surface area contributed by atoms with Gasteiger partial charge in [-0.05, 0) is 41.3 Å². The van der Waals surface area contributed by atoms with Crippen LogP contribution in [0.3, 0.4) is 0 Å². The van der Waals surface area contributed by atoms with Crippen molar-refractivity contribution in [3.63, 3.8) is 0 Å². The van der Waals surface area contributed by atoms with Crippen molar-refractivity contribution in [1.29, 1.82) is 0 Å². The summed E-state index contributed by atoms with van der Waals surface area (Å²) in [7, 11) is 0. The molecule has 0 spiro atoms.